The second-order valence-electron chi connectivity index (χ2n) is 7.62. The quantitative estimate of drug-likeness (QED) is 0.718. The number of nitrogens with one attached hydrogen (secondary N) is 2. The first-order valence-electron chi connectivity index (χ1n) is 9.85. The van der Waals surface area contributed by atoms with Gasteiger partial charge in [-0.15, -0.1) is 0 Å². The lowest BCUT2D eigenvalue weighted by Crippen LogP contribution is -2.44. The number of fused-ring (bicyclic) bond motifs is 1. The molecule has 0 atom stereocenters. The van der Waals surface area contributed by atoms with Gasteiger partial charge in [0, 0.05) is 29.7 Å². The van der Waals surface area contributed by atoms with Gasteiger partial charge in [-0.1, -0.05) is 12.1 Å². The van der Waals surface area contributed by atoms with Gasteiger partial charge in [-0.2, -0.15) is 0 Å². The molecule has 0 aliphatic carbocycles. The molecule has 1 saturated heterocycles. The third-order valence-electron chi connectivity index (χ3n) is 5.41. The van der Waals surface area contributed by atoms with Gasteiger partial charge < -0.3 is 15.0 Å². The van der Waals surface area contributed by atoms with E-state index in [4.69, 9.17) is 0 Å². The summed E-state index contributed by atoms with van der Waals surface area (Å²) >= 11 is 0. The number of carbonyl (C=O) groups excluding carboxylic acids is 1. The molecule has 4 rings (SSSR count). The van der Waals surface area contributed by atoms with E-state index in [1.54, 1.807) is 0 Å². The maximum atomic E-state index is 12.4. The molecular formula is C22H27N5O. The molecule has 1 aliphatic heterocycles. The van der Waals surface area contributed by atoms with E-state index in [1.165, 1.54) is 5.56 Å². The predicted molar refractivity (Wildman–Crippen MR) is 113 cm³/mol. The maximum Gasteiger partial charge on any atom is 0.238 e. The number of imidazole rings is 1. The fourth-order valence-corrected chi connectivity index (χ4v) is 3.75. The number of carbonyl (C=O) groups is 1. The summed E-state index contributed by atoms with van der Waals surface area (Å²) < 4.78 is 2.02. The van der Waals surface area contributed by atoms with Crippen molar-refractivity contribution in [3.05, 3.63) is 54.4 Å². The van der Waals surface area contributed by atoms with Crippen LogP contribution in [-0.4, -0.2) is 52.9 Å². The van der Waals surface area contributed by atoms with Gasteiger partial charge in [-0.25, -0.2) is 4.98 Å². The first kappa shape index (κ1) is 18.7. The largest absolute Gasteiger partial charge is 0.325 e. The van der Waals surface area contributed by atoms with Crippen LogP contribution in [0.15, 0.2) is 48.8 Å². The second-order valence-corrected chi connectivity index (χ2v) is 7.62. The fourth-order valence-electron chi connectivity index (χ4n) is 3.75. The van der Waals surface area contributed by atoms with Crippen molar-refractivity contribution in [2.45, 2.75) is 25.8 Å². The second kappa shape index (κ2) is 8.12. The SMILES string of the molecule is Cc1ccn2cc(-c3ccc(NC(=O)CN(C)C4CCNCC4)cc3)nc2c1. The monoisotopic (exact) mass is 377 g/mol. The van der Waals surface area contributed by atoms with Crippen LogP contribution in [0.25, 0.3) is 16.9 Å². The number of piperidine rings is 1. The number of anilines is 1. The van der Waals surface area contributed by atoms with Gasteiger partial charge in [-0.05, 0) is 69.7 Å². The van der Waals surface area contributed by atoms with Crippen LogP contribution in [0.4, 0.5) is 5.69 Å². The number of aryl methyl sites for hydroxylation is 1. The summed E-state index contributed by atoms with van der Waals surface area (Å²) in [6, 6.07) is 12.5. The molecule has 0 saturated carbocycles. The number of benzene rings is 1. The molecule has 3 heterocycles. The zero-order valence-electron chi connectivity index (χ0n) is 16.5. The molecule has 0 unspecified atom stereocenters. The van der Waals surface area contributed by atoms with Gasteiger partial charge in [0.2, 0.25) is 5.91 Å². The van der Waals surface area contributed by atoms with E-state index in [2.05, 4.69) is 39.6 Å². The molecule has 28 heavy (non-hydrogen) atoms. The summed E-state index contributed by atoms with van der Waals surface area (Å²) in [5.74, 6) is 0.0250. The van der Waals surface area contributed by atoms with E-state index in [1.807, 2.05) is 48.1 Å². The highest BCUT2D eigenvalue weighted by Crippen LogP contribution is 2.22. The van der Waals surface area contributed by atoms with E-state index < -0.39 is 0 Å². The van der Waals surface area contributed by atoms with Crippen molar-refractivity contribution in [3.63, 3.8) is 0 Å². The topological polar surface area (TPSA) is 61.7 Å². The number of aromatic nitrogens is 2. The van der Waals surface area contributed by atoms with Crippen LogP contribution in [0.3, 0.4) is 0 Å². The van der Waals surface area contributed by atoms with Crippen molar-refractivity contribution in [1.82, 2.24) is 19.6 Å². The third kappa shape index (κ3) is 4.24. The Morgan fingerprint density at radius 1 is 1.25 bits per heavy atom. The molecule has 6 heteroatoms. The van der Waals surface area contributed by atoms with Crippen LogP contribution < -0.4 is 10.6 Å². The van der Waals surface area contributed by atoms with Crippen molar-refractivity contribution in [2.24, 2.45) is 0 Å². The number of pyridine rings is 1. The Balaban J connectivity index is 1.39. The lowest BCUT2D eigenvalue weighted by molar-refractivity contribution is -0.117. The van der Waals surface area contributed by atoms with Crippen molar-refractivity contribution in [3.8, 4) is 11.3 Å². The Hall–Kier alpha value is -2.70. The van der Waals surface area contributed by atoms with Crippen LogP contribution >= 0.6 is 0 Å². The average Bonchev–Trinajstić information content (AvgIpc) is 3.12. The van der Waals surface area contributed by atoms with Crippen LogP contribution in [0.1, 0.15) is 18.4 Å². The number of hydrogen-bond acceptors (Lipinski definition) is 4. The van der Waals surface area contributed by atoms with E-state index in [9.17, 15) is 4.79 Å². The molecule has 2 N–H and O–H groups in total. The zero-order chi connectivity index (χ0) is 19.5. The molecule has 0 bridgehead atoms. The van der Waals surface area contributed by atoms with E-state index in [-0.39, 0.29) is 5.91 Å². The first-order chi connectivity index (χ1) is 13.6. The number of hydrogen-bond donors (Lipinski definition) is 2. The summed E-state index contributed by atoms with van der Waals surface area (Å²) in [5.41, 5.74) is 4.90. The molecule has 0 radical (unpaired) electrons. The van der Waals surface area contributed by atoms with Crippen molar-refractivity contribution < 1.29 is 4.79 Å². The molecule has 1 aliphatic rings. The Kier molecular flexibility index (Phi) is 5.41. The zero-order valence-corrected chi connectivity index (χ0v) is 16.5. The molecule has 2 aromatic heterocycles. The summed E-state index contributed by atoms with van der Waals surface area (Å²) in [5, 5.41) is 6.36. The highest BCUT2D eigenvalue weighted by Gasteiger charge is 2.19. The van der Waals surface area contributed by atoms with Crippen LogP contribution in [0.2, 0.25) is 0 Å². The summed E-state index contributed by atoms with van der Waals surface area (Å²) in [6.07, 6.45) is 6.24. The summed E-state index contributed by atoms with van der Waals surface area (Å²) in [7, 11) is 2.03. The minimum Gasteiger partial charge on any atom is -0.325 e. The minimum atomic E-state index is 0.0250. The number of nitrogens with zero attached hydrogens (tertiary/aromatic N) is 3. The van der Waals surface area contributed by atoms with Gasteiger partial charge >= 0.3 is 0 Å². The van der Waals surface area contributed by atoms with E-state index in [0.29, 0.717) is 12.6 Å². The van der Waals surface area contributed by atoms with Gasteiger partial charge in [0.05, 0.1) is 12.2 Å². The Morgan fingerprint density at radius 3 is 2.75 bits per heavy atom. The Labute approximate surface area is 165 Å². The highest BCUT2D eigenvalue weighted by atomic mass is 16.2. The molecule has 0 spiro atoms. The molecular weight excluding hydrogens is 350 g/mol. The smallest absolute Gasteiger partial charge is 0.238 e. The molecule has 146 valence electrons. The predicted octanol–water partition coefficient (Wildman–Crippen LogP) is 2.93. The van der Waals surface area contributed by atoms with Gasteiger partial charge in [0.1, 0.15) is 5.65 Å². The van der Waals surface area contributed by atoms with Crippen molar-refractivity contribution in [1.29, 1.82) is 0 Å². The summed E-state index contributed by atoms with van der Waals surface area (Å²) in [4.78, 5) is 19.2. The van der Waals surface area contributed by atoms with Crippen LogP contribution in [0.5, 0.6) is 0 Å². The van der Waals surface area contributed by atoms with Gasteiger partial charge in [-0.3, -0.25) is 9.69 Å². The molecule has 6 nitrogen and oxygen atoms in total. The average molecular weight is 377 g/mol. The first-order valence-corrected chi connectivity index (χ1v) is 9.85. The lowest BCUT2D eigenvalue weighted by Gasteiger charge is -2.31. The minimum absolute atomic E-state index is 0.0250. The standard InChI is InChI=1S/C22H27N5O/c1-16-9-12-27-14-20(25-21(27)13-16)17-3-5-18(6-4-17)24-22(28)15-26(2)19-7-10-23-11-8-19/h3-6,9,12-14,19,23H,7-8,10-11,15H2,1-2H3,(H,24,28). The number of amides is 1. The van der Waals surface area contributed by atoms with Crippen LogP contribution in [0, 0.1) is 6.92 Å². The molecule has 1 fully saturated rings. The number of rotatable bonds is 5. The van der Waals surface area contributed by atoms with E-state index in [0.717, 1.165) is 48.5 Å². The van der Waals surface area contributed by atoms with Crippen molar-refractivity contribution >= 4 is 17.2 Å². The fraction of sp³-hybridized carbons (Fsp3) is 0.364. The Morgan fingerprint density at radius 2 is 2.00 bits per heavy atom. The van der Waals surface area contributed by atoms with Crippen molar-refractivity contribution in [2.75, 3.05) is 32.0 Å². The van der Waals surface area contributed by atoms with Crippen LogP contribution in [-0.2, 0) is 4.79 Å². The molecule has 1 aromatic carbocycles. The lowest BCUT2D eigenvalue weighted by atomic mass is 10.1. The third-order valence-corrected chi connectivity index (χ3v) is 5.41. The highest BCUT2D eigenvalue weighted by molar-refractivity contribution is 5.92. The van der Waals surface area contributed by atoms with Gasteiger partial charge in [0.25, 0.3) is 0 Å². The number of likely N-dealkylation sites (N-methyl/N-ethyl adjacent to an activating group) is 1. The molecule has 1 amide bonds. The molecule has 3 aromatic rings. The maximum absolute atomic E-state index is 12.4. The van der Waals surface area contributed by atoms with E-state index >= 15 is 0 Å². The Bertz CT molecular complexity index is 957. The summed E-state index contributed by atoms with van der Waals surface area (Å²) in [6.45, 7) is 4.54. The van der Waals surface area contributed by atoms with Gasteiger partial charge in [0.15, 0.2) is 0 Å². The normalized spacial score (nSPS) is 15.2.